The van der Waals surface area contributed by atoms with Gasteiger partial charge in [0.05, 0.1) is 13.2 Å². The van der Waals surface area contributed by atoms with Gasteiger partial charge in [-0.2, -0.15) is 0 Å². The Hall–Kier alpha value is -1.38. The molecule has 0 bridgehead atoms. The van der Waals surface area contributed by atoms with Crippen molar-refractivity contribution in [3.63, 3.8) is 0 Å². The van der Waals surface area contributed by atoms with Gasteiger partial charge in [-0.25, -0.2) is 9.59 Å². The third kappa shape index (κ3) is 7.82. The number of hydrogen-bond donors (Lipinski definition) is 4. The summed E-state index contributed by atoms with van der Waals surface area (Å²) in [5.74, 6) is -1.27. The van der Waals surface area contributed by atoms with Crippen LogP contribution < -0.4 is 10.6 Å². The number of carbonyl (C=O) groups is 2. The third-order valence-electron chi connectivity index (χ3n) is 2.24. The van der Waals surface area contributed by atoms with Crippen molar-refractivity contribution >= 4 is 12.0 Å². The summed E-state index contributed by atoms with van der Waals surface area (Å²) in [7, 11) is 3.49. The number of carbonyl (C=O) groups excluding carboxylic acids is 1. The van der Waals surface area contributed by atoms with E-state index in [0.29, 0.717) is 19.7 Å². The summed E-state index contributed by atoms with van der Waals surface area (Å²) < 4.78 is 4.90. The number of rotatable bonds is 9. The zero-order chi connectivity index (χ0) is 14.0. The molecule has 1 unspecified atom stereocenters. The van der Waals surface area contributed by atoms with E-state index in [1.54, 1.807) is 7.11 Å². The maximum Gasteiger partial charge on any atom is 0.328 e. The molecule has 0 aromatic rings. The Morgan fingerprint density at radius 3 is 2.56 bits per heavy atom. The minimum atomic E-state index is -1.28. The van der Waals surface area contributed by atoms with Gasteiger partial charge < -0.3 is 30.5 Å². The highest BCUT2D eigenvalue weighted by Crippen LogP contribution is 1.83. The normalized spacial score (nSPS) is 12.2. The van der Waals surface area contributed by atoms with Crippen LogP contribution in [0, 0.1) is 0 Å². The van der Waals surface area contributed by atoms with Crippen LogP contribution in [0.2, 0.25) is 0 Å². The van der Waals surface area contributed by atoms with E-state index < -0.39 is 24.6 Å². The maximum absolute atomic E-state index is 11.3. The molecule has 106 valence electrons. The molecule has 0 aromatic heterocycles. The molecule has 0 spiro atoms. The third-order valence-corrected chi connectivity index (χ3v) is 2.24. The van der Waals surface area contributed by atoms with Crippen molar-refractivity contribution in [2.45, 2.75) is 6.04 Å². The highest BCUT2D eigenvalue weighted by atomic mass is 16.5. The molecular formula is C10H21N3O5. The summed E-state index contributed by atoms with van der Waals surface area (Å²) in [4.78, 5) is 23.8. The van der Waals surface area contributed by atoms with Crippen LogP contribution in [0.1, 0.15) is 0 Å². The fourth-order valence-corrected chi connectivity index (χ4v) is 1.11. The smallest absolute Gasteiger partial charge is 0.328 e. The van der Waals surface area contributed by atoms with E-state index in [4.69, 9.17) is 14.9 Å². The predicted octanol–water partition coefficient (Wildman–Crippen LogP) is -1.69. The van der Waals surface area contributed by atoms with E-state index in [1.807, 2.05) is 11.9 Å². The molecule has 0 saturated carbocycles. The standard InChI is InChI=1S/C10H21N3O5/c1-13(5-6-18-2)4-3-11-10(17)12-8(7-14)9(15)16/h8,14H,3-7H2,1-2H3,(H,15,16)(H2,11,12,17). The first-order valence-corrected chi connectivity index (χ1v) is 5.56. The highest BCUT2D eigenvalue weighted by molar-refractivity contribution is 5.82. The molecule has 0 rings (SSSR count). The molecule has 0 aliphatic heterocycles. The summed E-state index contributed by atoms with van der Waals surface area (Å²) in [6.45, 7) is 1.70. The first-order chi connectivity index (χ1) is 8.51. The van der Waals surface area contributed by atoms with Crippen LogP contribution >= 0.6 is 0 Å². The molecule has 0 aliphatic rings. The first kappa shape index (κ1) is 16.6. The molecule has 0 aromatic carbocycles. The molecule has 0 radical (unpaired) electrons. The van der Waals surface area contributed by atoms with Crippen LogP contribution in [0.3, 0.4) is 0 Å². The number of likely N-dealkylation sites (N-methyl/N-ethyl adjacent to an activating group) is 1. The zero-order valence-corrected chi connectivity index (χ0v) is 10.7. The fourth-order valence-electron chi connectivity index (χ4n) is 1.11. The van der Waals surface area contributed by atoms with Crippen LogP contribution in [0.4, 0.5) is 4.79 Å². The number of urea groups is 1. The molecule has 0 saturated heterocycles. The van der Waals surface area contributed by atoms with Crippen LogP contribution in [-0.2, 0) is 9.53 Å². The van der Waals surface area contributed by atoms with Gasteiger partial charge in [0, 0.05) is 26.7 Å². The minimum absolute atomic E-state index is 0.379. The number of aliphatic carboxylic acids is 1. The maximum atomic E-state index is 11.3. The Kier molecular flexibility index (Phi) is 8.89. The highest BCUT2D eigenvalue weighted by Gasteiger charge is 2.18. The number of hydrogen-bond acceptors (Lipinski definition) is 5. The van der Waals surface area contributed by atoms with E-state index in [1.165, 1.54) is 0 Å². The number of aliphatic hydroxyl groups is 1. The van der Waals surface area contributed by atoms with Crippen molar-refractivity contribution < 1.29 is 24.5 Å². The average molecular weight is 263 g/mol. The van der Waals surface area contributed by atoms with Crippen molar-refractivity contribution in [3.05, 3.63) is 0 Å². The lowest BCUT2D eigenvalue weighted by Gasteiger charge is -2.17. The van der Waals surface area contributed by atoms with E-state index in [-0.39, 0.29) is 0 Å². The molecule has 0 fully saturated rings. The number of amides is 2. The van der Waals surface area contributed by atoms with Crippen molar-refractivity contribution in [3.8, 4) is 0 Å². The Labute approximate surface area is 106 Å². The van der Waals surface area contributed by atoms with Crippen LogP contribution in [0.15, 0.2) is 0 Å². The monoisotopic (exact) mass is 263 g/mol. The van der Waals surface area contributed by atoms with Gasteiger partial charge >= 0.3 is 12.0 Å². The second-order valence-electron chi connectivity index (χ2n) is 3.77. The molecule has 0 heterocycles. The van der Waals surface area contributed by atoms with Crippen molar-refractivity contribution in [1.29, 1.82) is 0 Å². The summed E-state index contributed by atoms with van der Waals surface area (Å²) in [6.07, 6.45) is 0. The summed E-state index contributed by atoms with van der Waals surface area (Å²) in [6, 6.07) is -1.90. The number of ether oxygens (including phenoxy) is 1. The van der Waals surface area contributed by atoms with Gasteiger partial charge in [0.15, 0.2) is 6.04 Å². The summed E-state index contributed by atoms with van der Waals surface area (Å²) >= 11 is 0. The van der Waals surface area contributed by atoms with Gasteiger partial charge in [-0.05, 0) is 7.05 Å². The average Bonchev–Trinajstić information content (AvgIpc) is 2.33. The molecule has 8 nitrogen and oxygen atoms in total. The summed E-state index contributed by atoms with van der Waals surface area (Å²) in [5.41, 5.74) is 0. The predicted molar refractivity (Wildman–Crippen MR) is 64.4 cm³/mol. The topological polar surface area (TPSA) is 111 Å². The lowest BCUT2D eigenvalue weighted by atomic mass is 10.3. The number of methoxy groups -OCH3 is 1. The van der Waals surface area contributed by atoms with E-state index in [0.717, 1.165) is 6.54 Å². The molecule has 2 amide bonds. The SMILES string of the molecule is COCCN(C)CCNC(=O)NC(CO)C(=O)O. The largest absolute Gasteiger partial charge is 0.480 e. The minimum Gasteiger partial charge on any atom is -0.480 e. The van der Waals surface area contributed by atoms with E-state index >= 15 is 0 Å². The Balaban J connectivity index is 3.73. The van der Waals surface area contributed by atoms with E-state index in [2.05, 4.69) is 10.6 Å². The number of aliphatic hydroxyl groups excluding tert-OH is 1. The molecule has 8 heteroatoms. The lowest BCUT2D eigenvalue weighted by molar-refractivity contribution is -0.140. The second kappa shape index (κ2) is 9.63. The number of carboxylic acids is 1. The fraction of sp³-hybridized carbons (Fsp3) is 0.800. The van der Waals surface area contributed by atoms with Crippen molar-refractivity contribution in [1.82, 2.24) is 15.5 Å². The van der Waals surface area contributed by atoms with Gasteiger partial charge in [0.25, 0.3) is 0 Å². The van der Waals surface area contributed by atoms with Crippen LogP contribution in [0.25, 0.3) is 0 Å². The number of nitrogens with one attached hydrogen (secondary N) is 2. The Bertz CT molecular complexity index is 262. The zero-order valence-electron chi connectivity index (χ0n) is 10.7. The second-order valence-corrected chi connectivity index (χ2v) is 3.77. The van der Waals surface area contributed by atoms with E-state index in [9.17, 15) is 9.59 Å². The first-order valence-electron chi connectivity index (χ1n) is 5.56. The number of carboxylic acid groups (broad SMARTS) is 1. The Morgan fingerprint density at radius 2 is 2.06 bits per heavy atom. The van der Waals surface area contributed by atoms with Crippen LogP contribution in [-0.4, -0.2) is 80.2 Å². The van der Waals surface area contributed by atoms with Crippen LogP contribution in [0.5, 0.6) is 0 Å². The quantitative estimate of drug-likeness (QED) is 0.395. The molecule has 4 N–H and O–H groups in total. The van der Waals surface area contributed by atoms with Gasteiger partial charge in [0.2, 0.25) is 0 Å². The van der Waals surface area contributed by atoms with Gasteiger partial charge in [-0.1, -0.05) is 0 Å². The number of nitrogens with zero attached hydrogens (tertiary/aromatic N) is 1. The molecule has 18 heavy (non-hydrogen) atoms. The van der Waals surface area contributed by atoms with Gasteiger partial charge in [-0.15, -0.1) is 0 Å². The summed E-state index contributed by atoms with van der Waals surface area (Å²) in [5, 5.41) is 22.0. The van der Waals surface area contributed by atoms with Crippen molar-refractivity contribution in [2.24, 2.45) is 0 Å². The lowest BCUT2D eigenvalue weighted by Crippen LogP contribution is -2.49. The Morgan fingerprint density at radius 1 is 1.39 bits per heavy atom. The molecule has 0 aliphatic carbocycles. The van der Waals surface area contributed by atoms with Gasteiger partial charge in [-0.3, -0.25) is 0 Å². The molecule has 1 atom stereocenters. The van der Waals surface area contributed by atoms with Gasteiger partial charge in [0.1, 0.15) is 0 Å². The molecular weight excluding hydrogens is 242 g/mol. The van der Waals surface area contributed by atoms with Crippen molar-refractivity contribution in [2.75, 3.05) is 47.0 Å².